The molecular weight excluding hydrogens is 375 g/mol. The highest BCUT2D eigenvalue weighted by atomic mass is 19.1. The average Bonchev–Trinajstić information content (AvgIpc) is 3.41. The van der Waals surface area contributed by atoms with Gasteiger partial charge in [0.05, 0.1) is 12.2 Å². The zero-order chi connectivity index (χ0) is 20.4. The van der Waals surface area contributed by atoms with Gasteiger partial charge in [-0.15, -0.1) is 0 Å². The van der Waals surface area contributed by atoms with Crippen LogP contribution in [0.3, 0.4) is 0 Å². The number of aromatic nitrogens is 3. The zero-order valence-electron chi connectivity index (χ0n) is 16.0. The monoisotopic (exact) mass is 394 g/mol. The van der Waals surface area contributed by atoms with E-state index in [1.807, 2.05) is 13.8 Å². The Kier molecular flexibility index (Phi) is 4.99. The Morgan fingerprint density at radius 3 is 2.76 bits per heavy atom. The van der Waals surface area contributed by atoms with E-state index in [1.165, 1.54) is 6.07 Å². The minimum atomic E-state index is -0.411. The van der Waals surface area contributed by atoms with E-state index in [4.69, 9.17) is 8.94 Å². The molecule has 4 aromatic rings. The normalized spacial score (nSPS) is 11.0. The van der Waals surface area contributed by atoms with Crippen LogP contribution in [0.5, 0.6) is 0 Å². The summed E-state index contributed by atoms with van der Waals surface area (Å²) in [6, 6.07) is 11.5. The average molecular weight is 394 g/mol. The Bertz CT molecular complexity index is 1140. The molecule has 0 radical (unpaired) electrons. The summed E-state index contributed by atoms with van der Waals surface area (Å²) in [5.74, 6) is 1.19. The van der Waals surface area contributed by atoms with Gasteiger partial charge in [-0.1, -0.05) is 23.4 Å². The fourth-order valence-corrected chi connectivity index (χ4v) is 3.02. The van der Waals surface area contributed by atoms with Crippen LogP contribution >= 0.6 is 0 Å². The second-order valence-corrected chi connectivity index (χ2v) is 6.69. The van der Waals surface area contributed by atoms with E-state index >= 15 is 0 Å². The summed E-state index contributed by atoms with van der Waals surface area (Å²) in [6.07, 6.45) is 2.17. The lowest BCUT2D eigenvalue weighted by Gasteiger charge is -2.03. The van der Waals surface area contributed by atoms with Gasteiger partial charge in [-0.25, -0.2) is 4.39 Å². The first-order valence-corrected chi connectivity index (χ1v) is 9.08. The highest BCUT2D eigenvalue weighted by molar-refractivity contribution is 6.01. The highest BCUT2D eigenvalue weighted by Gasteiger charge is 2.16. The fourth-order valence-electron chi connectivity index (χ4n) is 3.02. The van der Waals surface area contributed by atoms with Crippen molar-refractivity contribution in [1.82, 2.24) is 14.9 Å². The Labute approximate surface area is 166 Å². The minimum Gasteiger partial charge on any atom is -0.456 e. The summed E-state index contributed by atoms with van der Waals surface area (Å²) < 4.78 is 26.1. The molecule has 4 rings (SSSR count). The number of aryl methyl sites for hydroxylation is 2. The predicted molar refractivity (Wildman–Crippen MR) is 103 cm³/mol. The molecule has 0 atom stereocenters. The molecule has 0 aliphatic carbocycles. The molecule has 1 N–H and O–H groups in total. The molecule has 0 saturated carbocycles. The molecule has 0 unspecified atom stereocenters. The lowest BCUT2D eigenvalue weighted by molar-refractivity contribution is 0.0994. The number of carbonyl (C=O) groups is 1. The Balaban J connectivity index is 1.41. The van der Waals surface area contributed by atoms with Gasteiger partial charge in [0.25, 0.3) is 5.91 Å². The summed E-state index contributed by atoms with van der Waals surface area (Å²) in [4.78, 5) is 12.4. The van der Waals surface area contributed by atoms with Crippen molar-refractivity contribution in [2.75, 3.05) is 5.32 Å². The van der Waals surface area contributed by atoms with E-state index in [1.54, 1.807) is 47.3 Å². The molecule has 0 spiro atoms. The number of halogens is 1. The standard InChI is InChI=1S/C21H19FN4O3/c1-13-17(14(2)29-25-13)11-16-7-8-19(28-16)21(27)23-20-9-10-26(24-20)12-15-5-3-4-6-18(15)22/h3-10H,11-12H2,1-2H3,(H,23,24,27). The topological polar surface area (TPSA) is 86.1 Å². The zero-order valence-corrected chi connectivity index (χ0v) is 16.0. The van der Waals surface area contributed by atoms with Gasteiger partial charge < -0.3 is 14.3 Å². The van der Waals surface area contributed by atoms with Gasteiger partial charge >= 0.3 is 0 Å². The molecule has 3 aromatic heterocycles. The maximum atomic E-state index is 13.8. The Hall–Kier alpha value is -3.68. The molecule has 0 saturated heterocycles. The van der Waals surface area contributed by atoms with Gasteiger partial charge in [0.2, 0.25) is 0 Å². The van der Waals surface area contributed by atoms with Gasteiger partial charge in [-0.05, 0) is 32.0 Å². The third kappa shape index (κ3) is 4.11. The number of hydrogen-bond donors (Lipinski definition) is 1. The van der Waals surface area contributed by atoms with Crippen LogP contribution in [0.2, 0.25) is 0 Å². The van der Waals surface area contributed by atoms with E-state index in [2.05, 4.69) is 15.6 Å². The Morgan fingerprint density at radius 1 is 1.17 bits per heavy atom. The summed E-state index contributed by atoms with van der Waals surface area (Å²) in [5, 5.41) is 10.9. The molecule has 0 aliphatic rings. The van der Waals surface area contributed by atoms with Crippen molar-refractivity contribution in [3.8, 4) is 0 Å². The number of hydrogen-bond acceptors (Lipinski definition) is 5. The van der Waals surface area contributed by atoms with E-state index < -0.39 is 5.91 Å². The first kappa shape index (κ1) is 18.7. The van der Waals surface area contributed by atoms with Crippen molar-refractivity contribution < 1.29 is 18.1 Å². The third-order valence-corrected chi connectivity index (χ3v) is 4.59. The SMILES string of the molecule is Cc1noc(C)c1Cc1ccc(C(=O)Nc2ccn(Cc3ccccc3F)n2)o1. The van der Waals surface area contributed by atoms with Gasteiger partial charge in [0.15, 0.2) is 11.6 Å². The van der Waals surface area contributed by atoms with Crippen LogP contribution in [0.1, 0.15) is 38.9 Å². The second-order valence-electron chi connectivity index (χ2n) is 6.69. The van der Waals surface area contributed by atoms with E-state index in [0.717, 1.165) is 17.0 Å². The largest absolute Gasteiger partial charge is 0.456 e. The number of carbonyl (C=O) groups excluding carboxylic acids is 1. The van der Waals surface area contributed by atoms with Crippen LogP contribution in [-0.2, 0) is 13.0 Å². The van der Waals surface area contributed by atoms with Crippen LogP contribution < -0.4 is 5.32 Å². The molecule has 7 nitrogen and oxygen atoms in total. The van der Waals surface area contributed by atoms with Crippen molar-refractivity contribution in [2.24, 2.45) is 0 Å². The van der Waals surface area contributed by atoms with Crippen molar-refractivity contribution in [1.29, 1.82) is 0 Å². The smallest absolute Gasteiger partial charge is 0.292 e. The molecule has 8 heteroatoms. The number of nitrogens with one attached hydrogen (secondary N) is 1. The van der Waals surface area contributed by atoms with E-state index in [-0.39, 0.29) is 18.1 Å². The van der Waals surface area contributed by atoms with Gasteiger partial charge in [0.1, 0.15) is 17.3 Å². The van der Waals surface area contributed by atoms with E-state index in [9.17, 15) is 9.18 Å². The molecule has 0 fully saturated rings. The molecule has 1 aromatic carbocycles. The molecule has 0 bridgehead atoms. The molecule has 3 heterocycles. The van der Waals surface area contributed by atoms with Crippen LogP contribution in [0.25, 0.3) is 0 Å². The summed E-state index contributed by atoms with van der Waals surface area (Å²) in [5.41, 5.74) is 2.26. The number of rotatable bonds is 6. The lowest BCUT2D eigenvalue weighted by atomic mass is 10.1. The van der Waals surface area contributed by atoms with Crippen LogP contribution in [0.4, 0.5) is 10.2 Å². The van der Waals surface area contributed by atoms with Gasteiger partial charge in [0, 0.05) is 29.8 Å². The number of nitrogens with zero attached hydrogens (tertiary/aromatic N) is 3. The summed E-state index contributed by atoms with van der Waals surface area (Å²) in [6.45, 7) is 3.97. The number of amides is 1. The number of benzene rings is 1. The van der Waals surface area contributed by atoms with Crippen molar-refractivity contribution >= 4 is 11.7 Å². The molecule has 29 heavy (non-hydrogen) atoms. The molecule has 148 valence electrons. The van der Waals surface area contributed by atoms with Crippen molar-refractivity contribution in [3.63, 3.8) is 0 Å². The minimum absolute atomic E-state index is 0.176. The first-order valence-electron chi connectivity index (χ1n) is 9.08. The maximum absolute atomic E-state index is 13.8. The summed E-state index contributed by atoms with van der Waals surface area (Å²) >= 11 is 0. The van der Waals surface area contributed by atoms with Crippen molar-refractivity contribution in [3.05, 3.63) is 88.6 Å². The molecular formula is C21H19FN4O3. The van der Waals surface area contributed by atoms with Crippen LogP contribution in [-0.4, -0.2) is 20.8 Å². The van der Waals surface area contributed by atoms with Crippen molar-refractivity contribution in [2.45, 2.75) is 26.8 Å². The van der Waals surface area contributed by atoms with Gasteiger partial charge in [-0.2, -0.15) is 5.10 Å². The number of furan rings is 1. The van der Waals surface area contributed by atoms with Gasteiger partial charge in [-0.3, -0.25) is 9.48 Å². The van der Waals surface area contributed by atoms with Crippen LogP contribution in [0, 0.1) is 19.7 Å². The van der Waals surface area contributed by atoms with E-state index in [0.29, 0.717) is 23.6 Å². The lowest BCUT2D eigenvalue weighted by Crippen LogP contribution is -2.12. The number of anilines is 1. The van der Waals surface area contributed by atoms with Crippen LogP contribution in [0.15, 0.2) is 57.6 Å². The first-order chi connectivity index (χ1) is 14.0. The quantitative estimate of drug-likeness (QED) is 0.532. The molecule has 0 aliphatic heterocycles. The highest BCUT2D eigenvalue weighted by Crippen LogP contribution is 2.19. The predicted octanol–water partition coefficient (Wildman–Crippen LogP) is 4.11. The molecule has 1 amide bonds. The maximum Gasteiger partial charge on any atom is 0.292 e. The second kappa shape index (κ2) is 7.75. The Morgan fingerprint density at radius 2 is 2.00 bits per heavy atom. The third-order valence-electron chi connectivity index (χ3n) is 4.59. The summed E-state index contributed by atoms with van der Waals surface area (Å²) in [7, 11) is 0. The fraction of sp³-hybridized carbons (Fsp3) is 0.190.